The van der Waals surface area contributed by atoms with Crippen LogP contribution in [0.1, 0.15) is 17.7 Å². The highest BCUT2D eigenvalue weighted by molar-refractivity contribution is 7.89. The van der Waals surface area contributed by atoms with Gasteiger partial charge >= 0.3 is 0 Å². The molecule has 0 aliphatic carbocycles. The number of hydrogen-bond acceptors (Lipinski definition) is 6. The van der Waals surface area contributed by atoms with Crippen molar-refractivity contribution < 1.29 is 8.42 Å². The van der Waals surface area contributed by atoms with Crippen LogP contribution in [0.15, 0.2) is 23.1 Å². The smallest absolute Gasteiger partial charge is 0.238 e. The molecule has 0 atom stereocenters. The maximum atomic E-state index is 11.5. The molecule has 21 heavy (non-hydrogen) atoms. The molecule has 2 aromatic rings. The number of nitrogens with zero attached hydrogens (tertiary/aromatic N) is 3. The van der Waals surface area contributed by atoms with Crippen molar-refractivity contribution in [3.05, 3.63) is 33.8 Å². The summed E-state index contributed by atoms with van der Waals surface area (Å²) in [5.74, 6) is 0. The van der Waals surface area contributed by atoms with Crippen LogP contribution >= 0.6 is 23.1 Å². The lowest BCUT2D eigenvalue weighted by Crippen LogP contribution is -2.29. The second-order valence-electron chi connectivity index (χ2n) is 4.85. The molecule has 0 unspecified atom stereocenters. The Morgan fingerprint density at radius 2 is 2.24 bits per heavy atom. The third-order valence-corrected chi connectivity index (χ3v) is 5.35. The van der Waals surface area contributed by atoms with Crippen molar-refractivity contribution in [2.24, 2.45) is 5.14 Å². The zero-order valence-electron chi connectivity index (χ0n) is 11.0. The van der Waals surface area contributed by atoms with Crippen LogP contribution in [0.4, 0.5) is 5.69 Å². The molecule has 0 spiro atoms. The lowest BCUT2D eigenvalue weighted by atomic mass is 10.0. The molecular weight excluding hydrogens is 332 g/mol. The van der Waals surface area contributed by atoms with Gasteiger partial charge in [-0.1, -0.05) is 22.2 Å². The van der Waals surface area contributed by atoms with Crippen LogP contribution in [0.5, 0.6) is 0 Å². The quantitative estimate of drug-likeness (QED) is 0.916. The molecule has 0 saturated carbocycles. The van der Waals surface area contributed by atoms with E-state index >= 15 is 0 Å². The van der Waals surface area contributed by atoms with E-state index in [-0.39, 0.29) is 4.90 Å². The Bertz CT molecular complexity index is 775. The first-order valence-corrected chi connectivity index (χ1v) is 9.02. The largest absolute Gasteiger partial charge is 0.365 e. The molecule has 1 aromatic heterocycles. The van der Waals surface area contributed by atoms with Crippen molar-refractivity contribution in [3.8, 4) is 0 Å². The third-order valence-electron chi connectivity index (χ3n) is 3.45. The Morgan fingerprint density at radius 3 is 2.90 bits per heavy atom. The normalized spacial score (nSPS) is 15.0. The topological polar surface area (TPSA) is 89.2 Å². The number of halogens is 1. The number of primary sulfonamides is 1. The molecular formula is C12H13ClN4O2S2. The first-order chi connectivity index (χ1) is 9.95. The number of rotatable bonds is 3. The lowest BCUT2D eigenvalue weighted by Gasteiger charge is -2.31. The van der Waals surface area contributed by atoms with Gasteiger partial charge in [0.15, 0.2) is 0 Å². The SMILES string of the molecule is NS(=O)(=O)c1ccc2c(c1)N(Cc1nnsc1Cl)CCC2. The van der Waals surface area contributed by atoms with E-state index in [9.17, 15) is 8.42 Å². The van der Waals surface area contributed by atoms with E-state index in [1.165, 1.54) is 0 Å². The van der Waals surface area contributed by atoms with Gasteiger partial charge in [0.25, 0.3) is 0 Å². The van der Waals surface area contributed by atoms with Crippen molar-refractivity contribution in [1.82, 2.24) is 9.59 Å². The number of hydrogen-bond donors (Lipinski definition) is 1. The van der Waals surface area contributed by atoms with Crippen LogP contribution in [0, 0.1) is 0 Å². The van der Waals surface area contributed by atoms with Crippen LogP contribution in [-0.4, -0.2) is 24.5 Å². The second kappa shape index (κ2) is 5.53. The highest BCUT2D eigenvalue weighted by Gasteiger charge is 2.21. The summed E-state index contributed by atoms with van der Waals surface area (Å²) >= 11 is 7.18. The fraction of sp³-hybridized carbons (Fsp3) is 0.333. The maximum absolute atomic E-state index is 11.5. The molecule has 2 N–H and O–H groups in total. The number of aromatic nitrogens is 2. The zero-order chi connectivity index (χ0) is 15.0. The minimum atomic E-state index is -3.71. The predicted molar refractivity (Wildman–Crippen MR) is 82.1 cm³/mol. The standard InChI is InChI=1S/C12H13ClN4O2S2/c13-12-10(15-16-20-12)7-17-5-1-2-8-3-4-9(6-11(8)17)21(14,18)19/h3-4,6H,1-2,5,7H2,(H2,14,18,19). The van der Waals surface area contributed by atoms with E-state index < -0.39 is 10.0 Å². The summed E-state index contributed by atoms with van der Waals surface area (Å²) < 4.78 is 27.4. The lowest BCUT2D eigenvalue weighted by molar-refractivity contribution is 0.597. The van der Waals surface area contributed by atoms with Crippen LogP contribution in [0.25, 0.3) is 0 Å². The van der Waals surface area contributed by atoms with Crippen molar-refractivity contribution in [3.63, 3.8) is 0 Å². The fourth-order valence-corrected chi connectivity index (χ4v) is 3.59. The van der Waals surface area contributed by atoms with Crippen molar-refractivity contribution in [1.29, 1.82) is 0 Å². The van der Waals surface area contributed by atoms with Gasteiger partial charge in [-0.25, -0.2) is 13.6 Å². The van der Waals surface area contributed by atoms with Crippen molar-refractivity contribution >= 4 is 38.8 Å². The summed E-state index contributed by atoms with van der Waals surface area (Å²) in [6.07, 6.45) is 1.91. The Kier molecular flexibility index (Phi) is 3.87. The summed E-state index contributed by atoms with van der Waals surface area (Å²) in [6, 6.07) is 4.99. The van der Waals surface area contributed by atoms with Crippen molar-refractivity contribution in [2.75, 3.05) is 11.4 Å². The van der Waals surface area contributed by atoms with Crippen LogP contribution in [-0.2, 0) is 23.0 Å². The number of aryl methyl sites for hydroxylation is 1. The molecule has 9 heteroatoms. The monoisotopic (exact) mass is 344 g/mol. The Hall–Kier alpha value is -1.22. The van der Waals surface area contributed by atoms with Gasteiger partial charge in [-0.15, -0.1) is 5.10 Å². The van der Waals surface area contributed by atoms with Gasteiger partial charge in [-0.05, 0) is 30.5 Å². The minimum Gasteiger partial charge on any atom is -0.365 e. The van der Waals surface area contributed by atoms with E-state index in [2.05, 4.69) is 14.5 Å². The number of nitrogens with two attached hydrogens (primary N) is 1. The van der Waals surface area contributed by atoms with Gasteiger partial charge in [-0.2, -0.15) is 0 Å². The highest BCUT2D eigenvalue weighted by Crippen LogP contribution is 2.31. The van der Waals surface area contributed by atoms with Gasteiger partial charge in [0.2, 0.25) is 10.0 Å². The Labute approximate surface area is 131 Å². The van der Waals surface area contributed by atoms with Gasteiger partial charge in [0.05, 0.1) is 11.4 Å². The van der Waals surface area contributed by atoms with E-state index in [1.54, 1.807) is 12.1 Å². The van der Waals surface area contributed by atoms with Gasteiger partial charge in [-0.3, -0.25) is 0 Å². The zero-order valence-corrected chi connectivity index (χ0v) is 13.4. The molecule has 1 aromatic carbocycles. The van der Waals surface area contributed by atoms with Crippen molar-refractivity contribution in [2.45, 2.75) is 24.3 Å². The minimum absolute atomic E-state index is 0.121. The number of benzene rings is 1. The molecule has 1 aliphatic heterocycles. The molecule has 6 nitrogen and oxygen atoms in total. The van der Waals surface area contributed by atoms with Crippen LogP contribution in [0.2, 0.25) is 4.34 Å². The molecule has 0 amide bonds. The molecule has 3 rings (SSSR count). The van der Waals surface area contributed by atoms with Crippen LogP contribution < -0.4 is 10.0 Å². The summed E-state index contributed by atoms with van der Waals surface area (Å²) in [5.41, 5.74) is 2.68. The molecule has 112 valence electrons. The Balaban J connectivity index is 1.98. The summed E-state index contributed by atoms with van der Waals surface area (Å²) in [6.45, 7) is 1.32. The summed E-state index contributed by atoms with van der Waals surface area (Å²) in [5, 5.41) is 9.21. The number of sulfonamides is 1. The van der Waals surface area contributed by atoms with E-state index in [4.69, 9.17) is 16.7 Å². The third kappa shape index (κ3) is 3.03. The molecule has 1 aliphatic rings. The first kappa shape index (κ1) is 14.7. The molecule has 2 heterocycles. The average molecular weight is 345 g/mol. The maximum Gasteiger partial charge on any atom is 0.238 e. The molecule has 0 fully saturated rings. The highest BCUT2D eigenvalue weighted by atomic mass is 35.5. The van der Waals surface area contributed by atoms with Gasteiger partial charge in [0.1, 0.15) is 10.0 Å². The number of fused-ring (bicyclic) bond motifs is 1. The average Bonchev–Trinajstić information content (AvgIpc) is 2.83. The molecule has 0 radical (unpaired) electrons. The van der Waals surface area contributed by atoms with E-state index in [0.717, 1.165) is 42.2 Å². The molecule has 0 saturated heterocycles. The molecule has 0 bridgehead atoms. The summed E-state index contributed by atoms with van der Waals surface area (Å²) in [7, 11) is -3.71. The van der Waals surface area contributed by atoms with Gasteiger partial charge < -0.3 is 4.90 Å². The van der Waals surface area contributed by atoms with E-state index in [1.807, 2.05) is 6.07 Å². The number of anilines is 1. The predicted octanol–water partition coefficient (Wildman–Crippen LogP) is 1.79. The Morgan fingerprint density at radius 1 is 1.43 bits per heavy atom. The fourth-order valence-electron chi connectivity index (χ4n) is 2.44. The van der Waals surface area contributed by atoms with Gasteiger partial charge in [0, 0.05) is 23.8 Å². The first-order valence-electron chi connectivity index (χ1n) is 6.32. The second-order valence-corrected chi connectivity index (χ2v) is 7.77. The van der Waals surface area contributed by atoms with E-state index in [0.29, 0.717) is 16.6 Å². The summed E-state index contributed by atoms with van der Waals surface area (Å²) in [4.78, 5) is 2.19. The van der Waals surface area contributed by atoms with Crippen LogP contribution in [0.3, 0.4) is 0 Å².